The minimum atomic E-state index is -0.608. The molecule has 4 amide bonds. The standard InChI is InChI=1S/C41H56N8O4/c1-5-28(3)36(48-38(50)32-18-14-30(15-19-32)34-24-42-26-46-34)40(52)44-22-12-10-8-7-9-11-13-23-45-41(53)37(29(4)6-2)49-39(51)33-20-16-31(17-21-33)35-25-43-27-47-35/h14-21,24-29,36-37H,5-13,22-23H2,1-4H3,(H,42,46)(H,43,47)(H,44,52)(H,45,53)(H,48,50)(H,49,51)/t28?,29?,36-,37-/m0/s1. The van der Waals surface area contributed by atoms with Crippen LogP contribution in [0.1, 0.15) is 106 Å². The number of rotatable bonds is 22. The average Bonchev–Trinajstić information content (AvgIpc) is 3.93. The van der Waals surface area contributed by atoms with Crippen LogP contribution in [0.4, 0.5) is 0 Å². The van der Waals surface area contributed by atoms with Crippen molar-refractivity contribution in [3.05, 3.63) is 84.7 Å². The molecule has 2 aromatic heterocycles. The number of amides is 4. The zero-order valence-electron chi connectivity index (χ0n) is 31.5. The van der Waals surface area contributed by atoms with Gasteiger partial charge in [0.25, 0.3) is 11.8 Å². The summed E-state index contributed by atoms with van der Waals surface area (Å²) in [5.74, 6) is -0.869. The molecule has 0 aliphatic heterocycles. The minimum absolute atomic E-state index is 0.00966. The lowest BCUT2D eigenvalue weighted by Crippen LogP contribution is -2.50. The van der Waals surface area contributed by atoms with E-state index < -0.39 is 12.1 Å². The fourth-order valence-corrected chi connectivity index (χ4v) is 6.06. The number of nitrogens with one attached hydrogen (secondary N) is 6. The van der Waals surface area contributed by atoms with E-state index in [1.165, 1.54) is 0 Å². The van der Waals surface area contributed by atoms with Crippen LogP contribution in [-0.4, -0.2) is 68.7 Å². The first kappa shape index (κ1) is 40.5. The summed E-state index contributed by atoms with van der Waals surface area (Å²) in [6.45, 7) is 9.11. The van der Waals surface area contributed by atoms with Crippen LogP contribution in [0.2, 0.25) is 0 Å². The summed E-state index contributed by atoms with van der Waals surface area (Å²) in [5, 5.41) is 11.9. The molecule has 2 heterocycles. The van der Waals surface area contributed by atoms with Gasteiger partial charge in [-0.3, -0.25) is 19.2 Å². The Kier molecular flexibility index (Phi) is 16.3. The van der Waals surface area contributed by atoms with Gasteiger partial charge in [-0.05, 0) is 60.1 Å². The molecule has 0 saturated heterocycles. The van der Waals surface area contributed by atoms with Crippen LogP contribution >= 0.6 is 0 Å². The van der Waals surface area contributed by atoms with E-state index in [2.05, 4.69) is 41.2 Å². The molecule has 0 bridgehead atoms. The predicted molar refractivity (Wildman–Crippen MR) is 208 cm³/mol. The molecule has 4 aromatic rings. The minimum Gasteiger partial charge on any atom is -0.354 e. The van der Waals surface area contributed by atoms with Crippen molar-refractivity contribution in [2.24, 2.45) is 11.8 Å². The number of benzene rings is 2. The Morgan fingerprint density at radius 1 is 0.566 bits per heavy atom. The number of H-pyrrole nitrogens is 2. The normalized spacial score (nSPS) is 13.4. The second-order valence-corrected chi connectivity index (χ2v) is 13.8. The van der Waals surface area contributed by atoms with Gasteiger partial charge in [0.1, 0.15) is 12.1 Å². The zero-order valence-corrected chi connectivity index (χ0v) is 31.5. The Morgan fingerprint density at radius 3 is 1.25 bits per heavy atom. The third-order valence-corrected chi connectivity index (χ3v) is 9.93. The van der Waals surface area contributed by atoms with E-state index in [0.29, 0.717) is 24.2 Å². The van der Waals surface area contributed by atoms with Gasteiger partial charge in [0, 0.05) is 24.2 Å². The summed E-state index contributed by atoms with van der Waals surface area (Å²) in [5.41, 5.74) is 4.60. The summed E-state index contributed by atoms with van der Waals surface area (Å²) in [4.78, 5) is 66.3. The smallest absolute Gasteiger partial charge is 0.251 e. The Hall–Kier alpha value is -5.26. The van der Waals surface area contributed by atoms with E-state index in [1.807, 2.05) is 52.0 Å². The van der Waals surface area contributed by atoms with E-state index in [9.17, 15) is 19.2 Å². The maximum atomic E-state index is 13.1. The fraction of sp³-hybridized carbons (Fsp3) is 0.463. The Balaban J connectivity index is 1.08. The molecule has 0 saturated carbocycles. The Morgan fingerprint density at radius 2 is 0.925 bits per heavy atom. The van der Waals surface area contributed by atoms with E-state index >= 15 is 0 Å². The highest BCUT2D eigenvalue weighted by molar-refractivity contribution is 5.98. The maximum absolute atomic E-state index is 13.1. The monoisotopic (exact) mass is 724 g/mol. The molecule has 2 unspecified atom stereocenters. The highest BCUT2D eigenvalue weighted by Gasteiger charge is 2.27. The molecule has 0 aliphatic rings. The van der Waals surface area contributed by atoms with Crippen LogP contribution in [0.15, 0.2) is 73.6 Å². The third-order valence-electron chi connectivity index (χ3n) is 9.93. The zero-order chi connectivity index (χ0) is 38.0. The molecule has 0 aliphatic carbocycles. The highest BCUT2D eigenvalue weighted by atomic mass is 16.2. The second kappa shape index (κ2) is 21.3. The largest absolute Gasteiger partial charge is 0.354 e. The number of aromatic nitrogens is 4. The first-order valence-electron chi connectivity index (χ1n) is 19.1. The number of nitrogens with zero attached hydrogens (tertiary/aromatic N) is 2. The first-order chi connectivity index (χ1) is 25.7. The van der Waals surface area contributed by atoms with Crippen molar-refractivity contribution < 1.29 is 19.2 Å². The number of imidazole rings is 2. The summed E-state index contributed by atoms with van der Waals surface area (Å²) >= 11 is 0. The SMILES string of the molecule is CCC(C)[C@H](NC(=O)c1ccc(-c2cnc[nH]2)cc1)C(=O)NCCCCCCCCCNC(=O)[C@@H](NC(=O)c1ccc(-c2cnc[nH]2)cc1)C(C)CC. The molecule has 6 N–H and O–H groups in total. The Labute approximate surface area is 313 Å². The fourth-order valence-electron chi connectivity index (χ4n) is 6.06. The average molecular weight is 725 g/mol. The Bertz CT molecular complexity index is 1560. The van der Waals surface area contributed by atoms with Gasteiger partial charge < -0.3 is 31.2 Å². The molecule has 0 spiro atoms. The molecular weight excluding hydrogens is 669 g/mol. The van der Waals surface area contributed by atoms with Crippen LogP contribution in [0.25, 0.3) is 22.5 Å². The van der Waals surface area contributed by atoms with Gasteiger partial charge in [0.05, 0.1) is 36.4 Å². The van der Waals surface area contributed by atoms with Crippen LogP contribution < -0.4 is 21.3 Å². The third kappa shape index (κ3) is 12.4. The number of aromatic amines is 2. The molecule has 284 valence electrons. The number of hydrogen-bond acceptors (Lipinski definition) is 6. The maximum Gasteiger partial charge on any atom is 0.251 e. The molecule has 0 fully saturated rings. The van der Waals surface area contributed by atoms with Crippen molar-refractivity contribution >= 4 is 23.6 Å². The summed E-state index contributed by atoms with van der Waals surface area (Å²) in [6, 6.07) is 13.2. The lowest BCUT2D eigenvalue weighted by Gasteiger charge is -2.23. The van der Waals surface area contributed by atoms with Crippen molar-refractivity contribution in [3.8, 4) is 22.5 Å². The van der Waals surface area contributed by atoms with Gasteiger partial charge in [0.2, 0.25) is 11.8 Å². The second-order valence-electron chi connectivity index (χ2n) is 13.8. The quantitative estimate of drug-likeness (QED) is 0.0511. The van der Waals surface area contributed by atoms with Crippen molar-refractivity contribution in [3.63, 3.8) is 0 Å². The van der Waals surface area contributed by atoms with Crippen LogP contribution in [0.3, 0.4) is 0 Å². The van der Waals surface area contributed by atoms with Gasteiger partial charge in [-0.2, -0.15) is 0 Å². The summed E-state index contributed by atoms with van der Waals surface area (Å²) in [6.07, 6.45) is 15.2. The van der Waals surface area contributed by atoms with Crippen molar-refractivity contribution in [2.75, 3.05) is 13.1 Å². The van der Waals surface area contributed by atoms with Gasteiger partial charge in [-0.25, -0.2) is 9.97 Å². The molecule has 4 rings (SSSR count). The van der Waals surface area contributed by atoms with E-state index in [4.69, 9.17) is 0 Å². The van der Waals surface area contributed by atoms with Crippen molar-refractivity contribution in [2.45, 2.75) is 97.6 Å². The van der Waals surface area contributed by atoms with Gasteiger partial charge >= 0.3 is 0 Å². The number of unbranched alkanes of at least 4 members (excludes halogenated alkanes) is 6. The molecule has 12 nitrogen and oxygen atoms in total. The lowest BCUT2D eigenvalue weighted by atomic mass is 9.97. The van der Waals surface area contributed by atoms with Crippen molar-refractivity contribution in [1.29, 1.82) is 0 Å². The van der Waals surface area contributed by atoms with Gasteiger partial charge in [-0.1, -0.05) is 96.9 Å². The molecule has 4 atom stereocenters. The molecular formula is C41H56N8O4. The highest BCUT2D eigenvalue weighted by Crippen LogP contribution is 2.19. The predicted octanol–water partition coefficient (Wildman–Crippen LogP) is 6.42. The summed E-state index contributed by atoms with van der Waals surface area (Å²) in [7, 11) is 0. The topological polar surface area (TPSA) is 174 Å². The summed E-state index contributed by atoms with van der Waals surface area (Å²) < 4.78 is 0. The van der Waals surface area contributed by atoms with Crippen LogP contribution in [-0.2, 0) is 9.59 Å². The van der Waals surface area contributed by atoms with Crippen molar-refractivity contribution in [1.82, 2.24) is 41.2 Å². The van der Waals surface area contributed by atoms with E-state index in [0.717, 1.165) is 80.3 Å². The molecule has 2 aromatic carbocycles. The van der Waals surface area contributed by atoms with E-state index in [1.54, 1.807) is 49.3 Å². The molecule has 0 radical (unpaired) electrons. The van der Waals surface area contributed by atoms with Crippen LogP contribution in [0.5, 0.6) is 0 Å². The first-order valence-corrected chi connectivity index (χ1v) is 19.1. The van der Waals surface area contributed by atoms with Gasteiger partial charge in [-0.15, -0.1) is 0 Å². The lowest BCUT2D eigenvalue weighted by molar-refractivity contribution is -0.124. The van der Waals surface area contributed by atoms with Gasteiger partial charge in [0.15, 0.2) is 0 Å². The van der Waals surface area contributed by atoms with Crippen LogP contribution in [0, 0.1) is 11.8 Å². The van der Waals surface area contributed by atoms with E-state index in [-0.39, 0.29) is 35.5 Å². The molecule has 12 heteroatoms. The number of hydrogen-bond donors (Lipinski definition) is 6. The number of carbonyl (C=O) groups is 4. The number of carbonyl (C=O) groups excluding carboxylic acids is 4. The molecule has 53 heavy (non-hydrogen) atoms.